The van der Waals surface area contributed by atoms with Crippen LogP contribution >= 0.6 is 0 Å². The lowest BCUT2D eigenvalue weighted by Crippen LogP contribution is -2.69. The molecule has 1 aliphatic heterocycles. The van der Waals surface area contributed by atoms with Crippen LogP contribution < -0.4 is 0 Å². The standard InChI is InChI=1S/C65H63N3O13/c1-5-30-72-62-60(75-36-44-23-27-48-15-7-11-19-52(48)32-44)59(74-35-43-22-26-47-14-6-10-18-51(47)31-43)61(76-37-45-24-28-49-16-8-12-20-53(49)33-45)63(77-38-46-25-29-50-17-9-13-21-54(50)34-46)64(62)81-65-56(67-68-66)58(79-42(4)71)57(78-41(3)70)55(80-65)39-73-40(2)69/h5-29,31-34,55-65H,1,30,35-39H2,2-4H3/t55-,56-,57-,58-,59+,60-,61-,62-,63+,64+,65?/m1/s1. The summed E-state index contributed by atoms with van der Waals surface area (Å²) < 4.78 is 66.8. The summed E-state index contributed by atoms with van der Waals surface area (Å²) in [5, 5.41) is 12.4. The molecule has 16 heteroatoms. The van der Waals surface area contributed by atoms with Gasteiger partial charge < -0.3 is 47.4 Å². The molecular formula is C65H63N3O13. The van der Waals surface area contributed by atoms with E-state index in [1.165, 1.54) is 6.92 Å². The van der Waals surface area contributed by atoms with E-state index >= 15 is 0 Å². The second-order valence-electron chi connectivity index (χ2n) is 20.2. The van der Waals surface area contributed by atoms with Gasteiger partial charge in [0, 0.05) is 25.7 Å². The molecule has 0 bridgehead atoms. The topological polar surface area (TPSA) is 192 Å². The van der Waals surface area contributed by atoms with Crippen molar-refractivity contribution in [3.05, 3.63) is 215 Å². The molecule has 1 saturated carbocycles. The van der Waals surface area contributed by atoms with Crippen molar-refractivity contribution in [2.45, 2.75) is 114 Å². The molecule has 0 N–H and O–H groups in total. The monoisotopic (exact) mass is 1090 g/mol. The summed E-state index contributed by atoms with van der Waals surface area (Å²) in [4.78, 5) is 41.3. The smallest absolute Gasteiger partial charge is 0.303 e. The third-order valence-corrected chi connectivity index (χ3v) is 14.5. The summed E-state index contributed by atoms with van der Waals surface area (Å²) in [7, 11) is 0. The Morgan fingerprint density at radius 3 is 1.20 bits per heavy atom. The van der Waals surface area contributed by atoms with Gasteiger partial charge in [0.15, 0.2) is 18.5 Å². The molecule has 1 heterocycles. The fourth-order valence-electron chi connectivity index (χ4n) is 10.8. The molecule has 0 aromatic heterocycles. The highest BCUT2D eigenvalue weighted by Gasteiger charge is 2.58. The van der Waals surface area contributed by atoms with E-state index < -0.39 is 91.8 Å². The summed E-state index contributed by atoms with van der Waals surface area (Å²) in [6.45, 7) is 7.36. The van der Waals surface area contributed by atoms with Crippen molar-refractivity contribution in [3.63, 3.8) is 0 Å². The number of esters is 3. The van der Waals surface area contributed by atoms with E-state index in [0.717, 1.165) is 79.2 Å². The van der Waals surface area contributed by atoms with Crippen LogP contribution in [0.15, 0.2) is 188 Å². The van der Waals surface area contributed by atoms with Gasteiger partial charge in [0.1, 0.15) is 55.4 Å². The summed E-state index contributed by atoms with van der Waals surface area (Å²) in [5.41, 5.74) is 13.7. The molecule has 1 aliphatic carbocycles. The minimum atomic E-state index is -1.62. The number of fused-ring (bicyclic) bond motifs is 4. The number of azide groups is 1. The average Bonchev–Trinajstić information content (AvgIpc) is 3.59. The molecule has 10 rings (SSSR count). The Morgan fingerprint density at radius 2 is 0.840 bits per heavy atom. The number of hydrogen-bond acceptors (Lipinski definition) is 14. The predicted octanol–water partition coefficient (Wildman–Crippen LogP) is 11.7. The molecule has 8 aromatic carbocycles. The number of ether oxygens (including phenoxy) is 10. The lowest BCUT2D eigenvalue weighted by atomic mass is 9.83. The van der Waals surface area contributed by atoms with E-state index in [1.807, 2.05) is 133 Å². The highest BCUT2D eigenvalue weighted by atomic mass is 16.7. The largest absolute Gasteiger partial charge is 0.463 e. The first-order valence-corrected chi connectivity index (χ1v) is 26.9. The second kappa shape index (κ2) is 26.5. The normalized spacial score (nSPS) is 23.6. The third kappa shape index (κ3) is 13.8. The zero-order valence-corrected chi connectivity index (χ0v) is 45.2. The van der Waals surface area contributed by atoms with Crippen LogP contribution in [-0.4, -0.2) is 98.4 Å². The van der Waals surface area contributed by atoms with Crippen LogP contribution in [0.1, 0.15) is 43.0 Å². The molecule has 0 radical (unpaired) electrons. The van der Waals surface area contributed by atoms with Crippen LogP contribution in [0.3, 0.4) is 0 Å². The van der Waals surface area contributed by atoms with Gasteiger partial charge in [-0.2, -0.15) is 0 Å². The van der Waals surface area contributed by atoms with Gasteiger partial charge in [-0.05, 0) is 95.1 Å². The van der Waals surface area contributed by atoms with Crippen LogP contribution in [0, 0.1) is 0 Å². The van der Waals surface area contributed by atoms with Crippen molar-refractivity contribution >= 4 is 61.0 Å². The van der Waals surface area contributed by atoms with Crippen molar-refractivity contribution in [1.29, 1.82) is 0 Å². The summed E-state index contributed by atoms with van der Waals surface area (Å²) in [6.07, 6.45) is -10.8. The van der Waals surface area contributed by atoms with E-state index in [4.69, 9.17) is 47.4 Å². The third-order valence-electron chi connectivity index (χ3n) is 14.5. The highest BCUT2D eigenvalue weighted by molar-refractivity contribution is 5.85. The number of carbonyl (C=O) groups excluding carboxylic acids is 3. The predicted molar refractivity (Wildman–Crippen MR) is 304 cm³/mol. The van der Waals surface area contributed by atoms with Gasteiger partial charge >= 0.3 is 17.9 Å². The maximum atomic E-state index is 13.0. The maximum Gasteiger partial charge on any atom is 0.303 e. The Balaban J connectivity index is 1.13. The highest BCUT2D eigenvalue weighted by Crippen LogP contribution is 2.40. The second-order valence-corrected chi connectivity index (χ2v) is 20.2. The fraction of sp³-hybridized carbons (Fsp3) is 0.308. The average molecular weight is 1090 g/mol. The molecule has 416 valence electrons. The molecule has 11 atom stereocenters. The van der Waals surface area contributed by atoms with E-state index in [9.17, 15) is 19.9 Å². The molecule has 16 nitrogen and oxygen atoms in total. The van der Waals surface area contributed by atoms with Crippen LogP contribution in [0.25, 0.3) is 53.5 Å². The van der Waals surface area contributed by atoms with Crippen LogP contribution in [-0.2, 0) is 88.2 Å². The Morgan fingerprint density at radius 1 is 0.481 bits per heavy atom. The van der Waals surface area contributed by atoms with E-state index in [2.05, 4.69) is 53.0 Å². The van der Waals surface area contributed by atoms with Gasteiger partial charge in [-0.3, -0.25) is 14.4 Å². The first-order chi connectivity index (χ1) is 39.5. The number of nitrogens with zero attached hydrogens (tertiary/aromatic N) is 3. The van der Waals surface area contributed by atoms with E-state index in [0.29, 0.717) is 0 Å². The quantitative estimate of drug-likeness (QED) is 0.0156. The molecule has 1 saturated heterocycles. The zero-order valence-electron chi connectivity index (χ0n) is 45.2. The van der Waals surface area contributed by atoms with E-state index in [-0.39, 0.29) is 33.0 Å². The van der Waals surface area contributed by atoms with Gasteiger partial charge in [-0.15, -0.1) is 6.58 Å². The first-order valence-electron chi connectivity index (χ1n) is 26.9. The molecular weight excluding hydrogens is 1030 g/mol. The number of carbonyl (C=O) groups is 3. The molecule has 2 fully saturated rings. The van der Waals surface area contributed by atoms with Crippen molar-refractivity contribution in [3.8, 4) is 0 Å². The molecule has 8 aromatic rings. The lowest BCUT2D eigenvalue weighted by Gasteiger charge is -2.51. The molecule has 0 amide bonds. The van der Waals surface area contributed by atoms with Crippen molar-refractivity contribution in [1.82, 2.24) is 0 Å². The summed E-state index contributed by atoms with van der Waals surface area (Å²) in [5.74, 6) is -2.23. The van der Waals surface area contributed by atoms with E-state index in [1.54, 1.807) is 6.08 Å². The van der Waals surface area contributed by atoms with Gasteiger partial charge in [0.25, 0.3) is 0 Å². The Bertz CT molecular complexity index is 3570. The minimum Gasteiger partial charge on any atom is -0.463 e. The SMILES string of the molecule is C=CCO[C@@H]1[C@H](OCc2ccc3ccccc3c2)[C@H](OCc2ccc3ccccc3c2)[C@@H](OCc2ccc3ccccc3c2)[C@H](OCc2ccc3ccccc3c2)[C@H]1OC1O[C@H](COC(C)=O)[C@@H](OC(C)=O)[C@H](OC(C)=O)[C@H]1N=[N+]=[N-]. The van der Waals surface area contributed by atoms with Gasteiger partial charge in [0.2, 0.25) is 0 Å². The fourth-order valence-corrected chi connectivity index (χ4v) is 10.8. The van der Waals surface area contributed by atoms with Crippen LogP contribution in [0.5, 0.6) is 0 Å². The Labute approximate surface area is 469 Å². The minimum absolute atomic E-state index is 0.0112. The van der Waals surface area contributed by atoms with Crippen molar-refractivity contribution in [2.24, 2.45) is 5.11 Å². The molecule has 2 aliphatic rings. The molecule has 1 unspecified atom stereocenters. The van der Waals surface area contributed by atoms with Crippen molar-refractivity contribution in [2.75, 3.05) is 13.2 Å². The first kappa shape index (κ1) is 56.3. The Kier molecular flexibility index (Phi) is 18.4. The number of hydrogen-bond donors (Lipinski definition) is 0. The zero-order chi connectivity index (χ0) is 56.2. The Hall–Kier alpha value is -8.02. The molecule has 0 spiro atoms. The molecule has 81 heavy (non-hydrogen) atoms. The lowest BCUT2D eigenvalue weighted by molar-refractivity contribution is -0.336. The van der Waals surface area contributed by atoms with Gasteiger partial charge in [-0.25, -0.2) is 0 Å². The summed E-state index contributed by atoms with van der Waals surface area (Å²) in [6, 6.07) is 55.2. The number of rotatable bonds is 22. The summed E-state index contributed by atoms with van der Waals surface area (Å²) >= 11 is 0. The van der Waals surface area contributed by atoms with Crippen molar-refractivity contribution < 1.29 is 61.8 Å². The van der Waals surface area contributed by atoms with Gasteiger partial charge in [0.05, 0.1) is 33.0 Å². The maximum absolute atomic E-state index is 13.0. The van der Waals surface area contributed by atoms with Crippen LogP contribution in [0.4, 0.5) is 0 Å². The van der Waals surface area contributed by atoms with Gasteiger partial charge in [-0.1, -0.05) is 157 Å². The number of benzene rings is 8. The van der Waals surface area contributed by atoms with Crippen LogP contribution in [0.2, 0.25) is 0 Å².